The minimum Gasteiger partial charge on any atom is -0.397 e. The largest absolute Gasteiger partial charge is 0.397 e. The van der Waals surface area contributed by atoms with Gasteiger partial charge in [0.15, 0.2) is 0 Å². The predicted molar refractivity (Wildman–Crippen MR) is 84.7 cm³/mol. The van der Waals surface area contributed by atoms with E-state index in [0.717, 1.165) is 28.5 Å². The molecule has 2 aromatic rings. The van der Waals surface area contributed by atoms with E-state index in [2.05, 4.69) is 18.0 Å². The van der Waals surface area contributed by atoms with Gasteiger partial charge in [0.2, 0.25) is 0 Å². The van der Waals surface area contributed by atoms with Crippen LogP contribution >= 0.6 is 0 Å². The first-order valence-corrected chi connectivity index (χ1v) is 8.02. The molecule has 1 aromatic heterocycles. The van der Waals surface area contributed by atoms with E-state index in [4.69, 9.17) is 10.7 Å². The van der Waals surface area contributed by atoms with Gasteiger partial charge in [-0.25, -0.2) is 4.98 Å². The molecule has 0 amide bonds. The number of aromatic amines is 1. The maximum absolute atomic E-state index is 5.99. The van der Waals surface area contributed by atoms with E-state index in [1.165, 1.54) is 44.9 Å². The summed E-state index contributed by atoms with van der Waals surface area (Å²) in [5, 5.41) is 0. The average Bonchev–Trinajstić information content (AvgIpc) is 2.91. The lowest BCUT2D eigenvalue weighted by atomic mass is 9.79. The number of unbranched alkanes of at least 4 members (excludes halogenated alkanes) is 1. The molecule has 0 atom stereocenters. The van der Waals surface area contributed by atoms with E-state index in [1.807, 2.05) is 12.1 Å². The molecule has 0 aliphatic heterocycles. The highest BCUT2D eigenvalue weighted by Crippen LogP contribution is 2.37. The van der Waals surface area contributed by atoms with Gasteiger partial charge in [-0.15, -0.1) is 0 Å². The van der Waals surface area contributed by atoms with Crippen molar-refractivity contribution in [1.29, 1.82) is 0 Å². The Balaban J connectivity index is 1.69. The Labute approximate surface area is 121 Å². The first-order chi connectivity index (χ1) is 9.78. The van der Waals surface area contributed by atoms with Crippen LogP contribution in [-0.4, -0.2) is 9.97 Å². The van der Waals surface area contributed by atoms with Crippen LogP contribution < -0.4 is 5.73 Å². The van der Waals surface area contributed by atoms with Crippen molar-refractivity contribution >= 4 is 16.7 Å². The van der Waals surface area contributed by atoms with Gasteiger partial charge in [0, 0.05) is 5.92 Å². The van der Waals surface area contributed by atoms with Crippen LogP contribution in [0.15, 0.2) is 18.2 Å². The van der Waals surface area contributed by atoms with E-state index in [1.54, 1.807) is 0 Å². The Hall–Kier alpha value is -1.51. The monoisotopic (exact) mass is 271 g/mol. The molecule has 3 N–H and O–H groups in total. The highest BCUT2D eigenvalue weighted by molar-refractivity contribution is 5.86. The second kappa shape index (κ2) is 5.86. The quantitative estimate of drug-likeness (QED) is 0.798. The topological polar surface area (TPSA) is 54.7 Å². The molecule has 3 rings (SSSR count). The van der Waals surface area contributed by atoms with Crippen LogP contribution in [0.2, 0.25) is 0 Å². The molecule has 1 heterocycles. The molecule has 3 nitrogen and oxygen atoms in total. The lowest BCUT2D eigenvalue weighted by molar-refractivity contribution is 0.299. The maximum atomic E-state index is 5.99. The number of hydrogen-bond acceptors (Lipinski definition) is 2. The van der Waals surface area contributed by atoms with Crippen LogP contribution in [0.3, 0.4) is 0 Å². The maximum Gasteiger partial charge on any atom is 0.111 e. The second-order valence-electron chi connectivity index (χ2n) is 6.23. The Morgan fingerprint density at radius 3 is 2.75 bits per heavy atom. The number of fused-ring (bicyclic) bond motifs is 1. The van der Waals surface area contributed by atoms with E-state index in [9.17, 15) is 0 Å². The fraction of sp³-hybridized carbons (Fsp3) is 0.588. The van der Waals surface area contributed by atoms with Crippen molar-refractivity contribution in [3.63, 3.8) is 0 Å². The van der Waals surface area contributed by atoms with Gasteiger partial charge in [-0.3, -0.25) is 0 Å². The van der Waals surface area contributed by atoms with Gasteiger partial charge in [-0.1, -0.05) is 32.3 Å². The molecule has 108 valence electrons. The summed E-state index contributed by atoms with van der Waals surface area (Å²) in [6.45, 7) is 2.28. The van der Waals surface area contributed by atoms with Crippen LogP contribution in [0.1, 0.15) is 63.6 Å². The molecule has 0 saturated heterocycles. The van der Waals surface area contributed by atoms with Gasteiger partial charge < -0.3 is 10.7 Å². The predicted octanol–water partition coefficient (Wildman–Crippen LogP) is 4.61. The number of anilines is 1. The highest BCUT2D eigenvalue weighted by Gasteiger charge is 2.24. The number of rotatable bonds is 4. The number of imidazole rings is 1. The van der Waals surface area contributed by atoms with Crippen molar-refractivity contribution in [3.8, 4) is 0 Å². The molecule has 1 aliphatic rings. The number of nitrogens with zero attached hydrogens (tertiary/aromatic N) is 1. The van der Waals surface area contributed by atoms with Crippen LogP contribution in [0.5, 0.6) is 0 Å². The SMILES string of the molecule is CCCCC1CCC(c2nc3c(N)cccc3[nH]2)CC1. The molecule has 1 aliphatic carbocycles. The molecule has 0 bridgehead atoms. The van der Waals surface area contributed by atoms with E-state index in [0.29, 0.717) is 5.92 Å². The van der Waals surface area contributed by atoms with Crippen molar-refractivity contribution in [2.45, 2.75) is 57.8 Å². The third-order valence-electron chi connectivity index (χ3n) is 4.76. The highest BCUT2D eigenvalue weighted by atomic mass is 14.9. The van der Waals surface area contributed by atoms with Gasteiger partial charge in [-0.2, -0.15) is 0 Å². The summed E-state index contributed by atoms with van der Waals surface area (Å²) in [7, 11) is 0. The van der Waals surface area contributed by atoms with Crippen molar-refractivity contribution in [2.24, 2.45) is 5.92 Å². The van der Waals surface area contributed by atoms with Crippen molar-refractivity contribution in [3.05, 3.63) is 24.0 Å². The molecule has 3 heteroatoms. The second-order valence-corrected chi connectivity index (χ2v) is 6.23. The molecule has 0 unspecified atom stereocenters. The summed E-state index contributed by atoms with van der Waals surface area (Å²) >= 11 is 0. The number of benzene rings is 1. The van der Waals surface area contributed by atoms with Gasteiger partial charge in [-0.05, 0) is 43.7 Å². The molecule has 1 aromatic carbocycles. The fourth-order valence-electron chi connectivity index (χ4n) is 3.48. The molecule has 20 heavy (non-hydrogen) atoms. The summed E-state index contributed by atoms with van der Waals surface area (Å²) < 4.78 is 0. The lowest BCUT2D eigenvalue weighted by Gasteiger charge is -2.27. The van der Waals surface area contributed by atoms with Gasteiger partial charge in [0.05, 0.1) is 11.2 Å². The summed E-state index contributed by atoms with van der Waals surface area (Å²) in [6, 6.07) is 5.98. The Bertz CT molecular complexity index is 565. The first kappa shape index (κ1) is 13.5. The lowest BCUT2D eigenvalue weighted by Crippen LogP contribution is -2.14. The zero-order valence-corrected chi connectivity index (χ0v) is 12.4. The smallest absolute Gasteiger partial charge is 0.111 e. The van der Waals surface area contributed by atoms with E-state index >= 15 is 0 Å². The number of nitrogens with one attached hydrogen (secondary N) is 1. The molecular formula is C17H25N3. The zero-order valence-electron chi connectivity index (χ0n) is 12.4. The molecule has 1 fully saturated rings. The summed E-state index contributed by atoms with van der Waals surface area (Å²) in [5.41, 5.74) is 8.79. The fourth-order valence-corrected chi connectivity index (χ4v) is 3.48. The van der Waals surface area contributed by atoms with Gasteiger partial charge >= 0.3 is 0 Å². The zero-order chi connectivity index (χ0) is 13.9. The first-order valence-electron chi connectivity index (χ1n) is 8.02. The Kier molecular flexibility index (Phi) is 3.95. The third-order valence-corrected chi connectivity index (χ3v) is 4.76. The minimum atomic E-state index is 0.597. The standard InChI is InChI=1S/C17H25N3/c1-2-3-5-12-8-10-13(11-9-12)17-19-15-7-4-6-14(18)16(15)20-17/h4,6-7,12-13H,2-3,5,8-11,18H2,1H3,(H,19,20). The minimum absolute atomic E-state index is 0.597. The van der Waals surface area contributed by atoms with Crippen LogP contribution in [0.4, 0.5) is 5.69 Å². The third kappa shape index (κ3) is 2.67. The Morgan fingerprint density at radius 2 is 2.05 bits per heavy atom. The van der Waals surface area contributed by atoms with E-state index < -0.39 is 0 Å². The number of hydrogen-bond donors (Lipinski definition) is 2. The molecule has 0 spiro atoms. The molecule has 0 radical (unpaired) electrons. The van der Waals surface area contributed by atoms with Crippen LogP contribution in [0.25, 0.3) is 11.0 Å². The van der Waals surface area contributed by atoms with E-state index in [-0.39, 0.29) is 0 Å². The average molecular weight is 271 g/mol. The van der Waals surface area contributed by atoms with Gasteiger partial charge in [0.25, 0.3) is 0 Å². The normalized spacial score (nSPS) is 23.2. The van der Waals surface area contributed by atoms with Crippen LogP contribution in [-0.2, 0) is 0 Å². The number of nitrogen functional groups attached to an aromatic ring is 1. The number of H-pyrrole nitrogens is 1. The molecule has 1 saturated carbocycles. The summed E-state index contributed by atoms with van der Waals surface area (Å²) in [5.74, 6) is 2.69. The van der Waals surface area contributed by atoms with Crippen molar-refractivity contribution < 1.29 is 0 Å². The summed E-state index contributed by atoms with van der Waals surface area (Å²) in [4.78, 5) is 8.22. The van der Waals surface area contributed by atoms with Gasteiger partial charge in [0.1, 0.15) is 11.3 Å². The number of aromatic nitrogens is 2. The van der Waals surface area contributed by atoms with Crippen molar-refractivity contribution in [2.75, 3.05) is 5.73 Å². The summed E-state index contributed by atoms with van der Waals surface area (Å²) in [6.07, 6.45) is 9.38. The molecular weight excluding hydrogens is 246 g/mol. The Morgan fingerprint density at radius 1 is 1.25 bits per heavy atom. The van der Waals surface area contributed by atoms with Crippen molar-refractivity contribution in [1.82, 2.24) is 9.97 Å². The van der Waals surface area contributed by atoms with Crippen LogP contribution in [0, 0.1) is 5.92 Å². The number of nitrogens with two attached hydrogens (primary N) is 1. The number of para-hydroxylation sites is 1.